The van der Waals surface area contributed by atoms with Crippen LogP contribution in [0.25, 0.3) is 0 Å². The zero-order valence-electron chi connectivity index (χ0n) is 18.6. The molecule has 7 unspecified atom stereocenters. The first-order valence-electron chi connectivity index (χ1n) is 12.7. The molecule has 0 radical (unpaired) electrons. The van der Waals surface area contributed by atoms with Crippen LogP contribution < -0.4 is 5.73 Å². The largest absolute Gasteiger partial charge is 0 e. The Morgan fingerprint density at radius 1 is 1.20 bits per heavy atom. The van der Waals surface area contributed by atoms with Crippen molar-refractivity contribution in [3.05, 3.63) is 41.7 Å². The smallest absolute Gasteiger partial charge is 0 e. The number of aromatic nitrogens is 1. The average molecular weight is 472 g/mol. The summed E-state index contributed by atoms with van der Waals surface area (Å²) in [5, 5.41) is 0. The van der Waals surface area contributed by atoms with E-state index >= 15 is 0 Å². The van der Waals surface area contributed by atoms with E-state index in [1.807, 2.05) is 6.20 Å². The van der Waals surface area contributed by atoms with Crippen LogP contribution in [0.1, 0.15) is 84.5 Å². The van der Waals surface area contributed by atoms with E-state index < -0.39 is 0 Å². The number of rotatable bonds is 5. The minimum atomic E-state index is 0. The Labute approximate surface area is 190 Å². The monoisotopic (exact) mass is 472 g/mol. The standard InChI is InChI=1S/C27H38N2Se.H2/c1-2-20(9-8-19-6-5-17-29-18-19)22-10-11-24-26(22)16-13-23-25(28)14-4-3-7-21(25)12-15-27(23,24)30-26;/h5-6,12,17-18,20,22-24H,2-4,7-11,13-16,28H2,1H3;1H. The van der Waals surface area contributed by atoms with E-state index in [9.17, 15) is 0 Å². The fourth-order valence-corrected chi connectivity index (χ4v) is 14.8. The summed E-state index contributed by atoms with van der Waals surface area (Å²) in [6.45, 7) is 2.46. The molecular weight excluding hydrogens is 431 g/mol. The van der Waals surface area contributed by atoms with Gasteiger partial charge in [-0.15, -0.1) is 0 Å². The van der Waals surface area contributed by atoms with Gasteiger partial charge in [-0.3, -0.25) is 0 Å². The molecule has 0 amide bonds. The van der Waals surface area contributed by atoms with Crippen LogP contribution in [-0.4, -0.2) is 25.5 Å². The molecule has 2 heterocycles. The zero-order valence-corrected chi connectivity index (χ0v) is 20.3. The number of allylic oxidation sites excluding steroid dienone is 1. The van der Waals surface area contributed by atoms with Gasteiger partial charge in [-0.1, -0.05) is 0 Å². The second-order valence-corrected chi connectivity index (χ2v) is 14.7. The van der Waals surface area contributed by atoms with Gasteiger partial charge in [-0.25, -0.2) is 0 Å². The maximum atomic E-state index is 7.28. The first kappa shape index (κ1) is 20.0. The fourth-order valence-electron chi connectivity index (χ4n) is 8.95. The molecule has 4 fully saturated rings. The molecule has 1 aromatic rings. The van der Waals surface area contributed by atoms with Crippen molar-refractivity contribution in [2.75, 3.05) is 0 Å². The van der Waals surface area contributed by atoms with Crippen LogP contribution in [0.4, 0.5) is 0 Å². The number of hydrogen-bond acceptors (Lipinski definition) is 2. The number of aryl methyl sites for hydroxylation is 1. The van der Waals surface area contributed by atoms with Crippen LogP contribution >= 0.6 is 0 Å². The van der Waals surface area contributed by atoms with E-state index in [1.54, 1.807) is 5.57 Å². The normalized spacial score (nSPS) is 44.9. The molecule has 7 atom stereocenters. The van der Waals surface area contributed by atoms with Crippen LogP contribution in [0.3, 0.4) is 0 Å². The number of nitrogens with two attached hydrogens (primary N) is 1. The predicted molar refractivity (Wildman–Crippen MR) is 127 cm³/mol. The van der Waals surface area contributed by atoms with E-state index in [1.165, 1.54) is 82.6 Å². The van der Waals surface area contributed by atoms with Crippen molar-refractivity contribution in [3.8, 4) is 0 Å². The van der Waals surface area contributed by atoms with Gasteiger partial charge < -0.3 is 0 Å². The van der Waals surface area contributed by atoms with Crippen LogP contribution in [0.2, 0.25) is 8.63 Å². The molecule has 1 aromatic heterocycles. The third-order valence-electron chi connectivity index (χ3n) is 10.2. The Balaban J connectivity index is 0.00000204. The summed E-state index contributed by atoms with van der Waals surface area (Å²) < 4.78 is 1.37. The number of pyridine rings is 1. The Hall–Kier alpha value is -0.631. The molecule has 1 spiro atoms. The van der Waals surface area contributed by atoms with Crippen LogP contribution in [0.5, 0.6) is 0 Å². The number of nitrogens with zero attached hydrogens (tertiary/aromatic N) is 1. The molecule has 1 aliphatic heterocycles. The van der Waals surface area contributed by atoms with Gasteiger partial charge in [0, 0.05) is 1.43 Å². The van der Waals surface area contributed by atoms with E-state index in [2.05, 4.69) is 36.3 Å². The minimum absolute atomic E-state index is 0. The summed E-state index contributed by atoms with van der Waals surface area (Å²) in [5.74, 6) is 3.70. The van der Waals surface area contributed by atoms with E-state index in [0.717, 1.165) is 42.9 Å². The maximum Gasteiger partial charge on any atom is 0 e. The Bertz CT molecular complexity index is 843. The fraction of sp³-hybridized carbons (Fsp3) is 0.741. The molecule has 1 saturated heterocycles. The number of fused-ring (bicyclic) bond motifs is 2. The van der Waals surface area contributed by atoms with Crippen LogP contribution in [0, 0.1) is 23.7 Å². The molecule has 5 aliphatic rings. The van der Waals surface area contributed by atoms with Crippen molar-refractivity contribution in [3.63, 3.8) is 0 Å². The maximum absolute atomic E-state index is 7.28. The summed E-state index contributed by atoms with van der Waals surface area (Å²) >= 11 is 0.794. The van der Waals surface area contributed by atoms with Crippen molar-refractivity contribution >= 4 is 15.0 Å². The molecule has 2 nitrogen and oxygen atoms in total. The van der Waals surface area contributed by atoms with Crippen molar-refractivity contribution in [1.29, 1.82) is 0 Å². The summed E-state index contributed by atoms with van der Waals surface area (Å²) in [5.41, 5.74) is 10.4. The number of hydrogen-bond donors (Lipinski definition) is 1. The predicted octanol–water partition coefficient (Wildman–Crippen LogP) is 6.36. The molecule has 3 saturated carbocycles. The van der Waals surface area contributed by atoms with Gasteiger partial charge in [0.05, 0.1) is 0 Å². The van der Waals surface area contributed by atoms with Gasteiger partial charge in [0.2, 0.25) is 0 Å². The summed E-state index contributed by atoms with van der Waals surface area (Å²) in [6, 6.07) is 4.36. The summed E-state index contributed by atoms with van der Waals surface area (Å²) in [6.07, 6.45) is 23.2. The van der Waals surface area contributed by atoms with Gasteiger partial charge in [0.25, 0.3) is 0 Å². The van der Waals surface area contributed by atoms with Crippen molar-refractivity contribution in [1.82, 2.24) is 4.98 Å². The van der Waals surface area contributed by atoms with Gasteiger partial charge in [0.1, 0.15) is 0 Å². The molecule has 30 heavy (non-hydrogen) atoms. The first-order valence-corrected chi connectivity index (χ1v) is 14.4. The Morgan fingerprint density at radius 3 is 2.97 bits per heavy atom. The van der Waals surface area contributed by atoms with E-state index in [4.69, 9.17) is 5.73 Å². The zero-order chi connectivity index (χ0) is 20.4. The molecule has 2 bridgehead atoms. The average Bonchev–Trinajstić information content (AvgIpc) is 3.09. The van der Waals surface area contributed by atoms with E-state index in [-0.39, 0.29) is 6.97 Å². The molecule has 6 rings (SSSR count). The molecule has 0 aromatic carbocycles. The molecule has 164 valence electrons. The molecular formula is C27H40N2Se. The quantitative estimate of drug-likeness (QED) is 0.401. The van der Waals surface area contributed by atoms with Gasteiger partial charge in [-0.2, -0.15) is 0 Å². The Kier molecular flexibility index (Phi) is 4.80. The van der Waals surface area contributed by atoms with Gasteiger partial charge in [-0.05, 0) is 0 Å². The topological polar surface area (TPSA) is 38.9 Å². The summed E-state index contributed by atoms with van der Waals surface area (Å²) in [4.78, 5) is 4.34. The van der Waals surface area contributed by atoms with E-state index in [0.29, 0.717) is 4.31 Å². The second-order valence-electron chi connectivity index (χ2n) is 11.1. The summed E-state index contributed by atoms with van der Waals surface area (Å²) in [7, 11) is 0. The minimum Gasteiger partial charge on any atom is 0 e. The molecule has 4 aliphatic carbocycles. The first-order chi connectivity index (χ1) is 14.6. The third kappa shape index (κ3) is 2.61. The molecule has 2 N–H and O–H groups in total. The third-order valence-corrected chi connectivity index (χ3v) is 15.0. The second kappa shape index (κ2) is 7.19. The SMILES string of the molecule is CCC(CCc1cccnc1)C1CCC2C13CCC1C4(N)CCCCC4=CCC12[Se]3.[HH]. The van der Waals surface area contributed by atoms with Gasteiger partial charge >= 0.3 is 189 Å². The van der Waals surface area contributed by atoms with Crippen LogP contribution in [0.15, 0.2) is 36.2 Å². The van der Waals surface area contributed by atoms with Gasteiger partial charge in [0.15, 0.2) is 0 Å². The Morgan fingerprint density at radius 2 is 2.13 bits per heavy atom. The molecule has 3 heteroatoms. The van der Waals surface area contributed by atoms with Crippen molar-refractivity contribution < 1.29 is 1.43 Å². The van der Waals surface area contributed by atoms with Crippen LogP contribution in [-0.2, 0) is 6.42 Å². The van der Waals surface area contributed by atoms with Crippen molar-refractivity contribution in [2.24, 2.45) is 29.4 Å². The van der Waals surface area contributed by atoms with Crippen molar-refractivity contribution in [2.45, 2.75) is 98.1 Å².